The van der Waals surface area contributed by atoms with Crippen molar-refractivity contribution in [3.8, 4) is 0 Å². The van der Waals surface area contributed by atoms with E-state index in [1.807, 2.05) is 17.5 Å². The molecule has 3 aromatic rings. The van der Waals surface area contributed by atoms with Crippen LogP contribution in [0.25, 0.3) is 0 Å². The first-order valence-electron chi connectivity index (χ1n) is 8.96. The quantitative estimate of drug-likeness (QED) is 0.750. The monoisotopic (exact) mass is 365 g/mol. The lowest BCUT2D eigenvalue weighted by molar-refractivity contribution is 0.0929. The predicted molar refractivity (Wildman–Crippen MR) is 105 cm³/mol. The van der Waals surface area contributed by atoms with Gasteiger partial charge in [-0.1, -0.05) is 30.3 Å². The van der Waals surface area contributed by atoms with E-state index in [0.29, 0.717) is 6.54 Å². The Hall–Kier alpha value is -2.37. The Morgan fingerprint density at radius 3 is 2.73 bits per heavy atom. The fourth-order valence-electron chi connectivity index (χ4n) is 3.71. The summed E-state index contributed by atoms with van der Waals surface area (Å²) in [6.07, 6.45) is 3.12. The highest BCUT2D eigenvalue weighted by Gasteiger charge is 2.26. The van der Waals surface area contributed by atoms with E-state index in [2.05, 4.69) is 64.4 Å². The van der Waals surface area contributed by atoms with E-state index in [-0.39, 0.29) is 11.9 Å². The zero-order chi connectivity index (χ0) is 17.9. The van der Waals surface area contributed by atoms with Crippen LogP contribution in [0.1, 0.15) is 32.5 Å². The number of benzene rings is 1. The standard InChI is InChI=1S/C21H23N3OS/c1-23-11-4-8-18(23)19(14-22-21(25)20-9-5-13-26-20)24-12-10-16-6-2-3-7-17(16)15-24/h2-9,11,13,19H,10,12,14-15H2,1H3,(H,22,25)/t19-/m0/s1. The van der Waals surface area contributed by atoms with Gasteiger partial charge in [-0.3, -0.25) is 9.69 Å². The smallest absolute Gasteiger partial charge is 0.261 e. The third-order valence-corrected chi connectivity index (χ3v) is 6.00. The highest BCUT2D eigenvalue weighted by molar-refractivity contribution is 7.12. The molecule has 0 radical (unpaired) electrons. The number of aromatic nitrogens is 1. The molecule has 1 atom stereocenters. The molecule has 2 aromatic heterocycles. The molecule has 0 fully saturated rings. The van der Waals surface area contributed by atoms with Crippen LogP contribution in [0.2, 0.25) is 0 Å². The Bertz CT molecular complexity index is 884. The van der Waals surface area contributed by atoms with E-state index >= 15 is 0 Å². The first-order valence-corrected chi connectivity index (χ1v) is 9.84. The van der Waals surface area contributed by atoms with E-state index in [1.54, 1.807) is 0 Å². The first kappa shape index (κ1) is 17.1. The van der Waals surface area contributed by atoms with Crippen LogP contribution in [0.4, 0.5) is 0 Å². The van der Waals surface area contributed by atoms with Gasteiger partial charge in [-0.15, -0.1) is 11.3 Å². The van der Waals surface area contributed by atoms with Gasteiger partial charge in [0.25, 0.3) is 5.91 Å². The van der Waals surface area contributed by atoms with E-state index in [9.17, 15) is 4.79 Å². The first-order chi connectivity index (χ1) is 12.7. The zero-order valence-electron chi connectivity index (χ0n) is 14.9. The average molecular weight is 366 g/mol. The number of amides is 1. The highest BCUT2D eigenvalue weighted by Crippen LogP contribution is 2.27. The SMILES string of the molecule is Cn1cccc1[C@H](CNC(=O)c1cccs1)N1CCc2ccccc2C1. The zero-order valence-corrected chi connectivity index (χ0v) is 15.7. The summed E-state index contributed by atoms with van der Waals surface area (Å²) >= 11 is 1.48. The molecule has 3 heterocycles. The lowest BCUT2D eigenvalue weighted by atomic mass is 9.98. The normalized spacial score (nSPS) is 15.4. The number of fused-ring (bicyclic) bond motifs is 1. The maximum atomic E-state index is 12.4. The van der Waals surface area contributed by atoms with Crippen LogP contribution in [0, 0.1) is 0 Å². The van der Waals surface area contributed by atoms with Crippen molar-refractivity contribution in [1.29, 1.82) is 0 Å². The molecule has 0 unspecified atom stereocenters. The fraction of sp³-hybridized carbons (Fsp3) is 0.286. The maximum Gasteiger partial charge on any atom is 0.261 e. The van der Waals surface area contributed by atoms with Gasteiger partial charge in [-0.2, -0.15) is 0 Å². The largest absolute Gasteiger partial charge is 0.353 e. The number of hydrogen-bond acceptors (Lipinski definition) is 3. The molecule has 1 aliphatic heterocycles. The summed E-state index contributed by atoms with van der Waals surface area (Å²) in [5.74, 6) is 0.0108. The molecule has 1 amide bonds. The second-order valence-electron chi connectivity index (χ2n) is 6.74. The molecule has 0 saturated heterocycles. The van der Waals surface area contributed by atoms with Gasteiger partial charge in [0, 0.05) is 38.6 Å². The van der Waals surface area contributed by atoms with Crippen LogP contribution in [-0.4, -0.2) is 28.5 Å². The molecule has 1 N–H and O–H groups in total. The van der Waals surface area contributed by atoms with Gasteiger partial charge in [0.2, 0.25) is 0 Å². The van der Waals surface area contributed by atoms with Crippen LogP contribution >= 0.6 is 11.3 Å². The molecule has 134 valence electrons. The topological polar surface area (TPSA) is 37.3 Å². The van der Waals surface area contributed by atoms with E-state index in [1.165, 1.54) is 28.2 Å². The number of carbonyl (C=O) groups is 1. The molecule has 0 aliphatic carbocycles. The lowest BCUT2D eigenvalue weighted by Gasteiger charge is -2.36. The van der Waals surface area contributed by atoms with Crippen molar-refractivity contribution in [2.24, 2.45) is 7.05 Å². The van der Waals surface area contributed by atoms with Gasteiger partial charge in [0.05, 0.1) is 10.9 Å². The molecular weight excluding hydrogens is 342 g/mol. The van der Waals surface area contributed by atoms with Crippen molar-refractivity contribution < 1.29 is 4.79 Å². The molecule has 4 rings (SSSR count). The van der Waals surface area contributed by atoms with Gasteiger partial charge in [0.1, 0.15) is 0 Å². The molecule has 1 aromatic carbocycles. The van der Waals surface area contributed by atoms with Gasteiger partial charge in [-0.05, 0) is 41.1 Å². The lowest BCUT2D eigenvalue weighted by Crippen LogP contribution is -2.41. The summed E-state index contributed by atoms with van der Waals surface area (Å²) in [5, 5.41) is 5.07. The summed E-state index contributed by atoms with van der Waals surface area (Å²) in [5.41, 5.74) is 4.07. The minimum absolute atomic E-state index is 0.0108. The second kappa shape index (κ2) is 7.48. The minimum atomic E-state index is 0.0108. The summed E-state index contributed by atoms with van der Waals surface area (Å²) < 4.78 is 2.16. The summed E-state index contributed by atoms with van der Waals surface area (Å²) in [6, 6.07) is 16.8. The van der Waals surface area contributed by atoms with Crippen molar-refractivity contribution >= 4 is 17.2 Å². The Morgan fingerprint density at radius 1 is 1.15 bits per heavy atom. The number of thiophene rings is 1. The number of nitrogens with zero attached hydrogens (tertiary/aromatic N) is 2. The summed E-state index contributed by atoms with van der Waals surface area (Å²) in [7, 11) is 2.07. The number of hydrogen-bond donors (Lipinski definition) is 1. The molecule has 5 heteroatoms. The number of rotatable bonds is 5. The van der Waals surface area contributed by atoms with E-state index in [4.69, 9.17) is 0 Å². The van der Waals surface area contributed by atoms with Crippen LogP contribution in [-0.2, 0) is 20.0 Å². The average Bonchev–Trinajstić information content (AvgIpc) is 3.34. The predicted octanol–water partition coefficient (Wildman–Crippen LogP) is 3.62. The summed E-state index contributed by atoms with van der Waals surface area (Å²) in [4.78, 5) is 15.7. The van der Waals surface area contributed by atoms with Crippen LogP contribution in [0.5, 0.6) is 0 Å². The Kier molecular flexibility index (Phi) is 4.91. The molecule has 4 nitrogen and oxygen atoms in total. The number of carbonyl (C=O) groups excluding carboxylic acids is 1. The van der Waals surface area contributed by atoms with E-state index < -0.39 is 0 Å². The molecule has 0 spiro atoms. The third-order valence-electron chi connectivity index (χ3n) is 5.13. The molecule has 1 aliphatic rings. The van der Waals surface area contributed by atoms with Gasteiger partial charge < -0.3 is 9.88 Å². The molecular formula is C21H23N3OS. The van der Waals surface area contributed by atoms with Crippen LogP contribution in [0.15, 0.2) is 60.1 Å². The summed E-state index contributed by atoms with van der Waals surface area (Å²) in [6.45, 7) is 2.53. The van der Waals surface area contributed by atoms with Crippen molar-refractivity contribution in [3.63, 3.8) is 0 Å². The second-order valence-corrected chi connectivity index (χ2v) is 7.68. The van der Waals surface area contributed by atoms with Crippen LogP contribution < -0.4 is 5.32 Å². The maximum absolute atomic E-state index is 12.4. The van der Waals surface area contributed by atoms with Crippen LogP contribution in [0.3, 0.4) is 0 Å². The van der Waals surface area contributed by atoms with Gasteiger partial charge >= 0.3 is 0 Å². The van der Waals surface area contributed by atoms with Gasteiger partial charge in [0.15, 0.2) is 0 Å². The Balaban J connectivity index is 1.54. The molecule has 0 saturated carbocycles. The minimum Gasteiger partial charge on any atom is -0.353 e. The van der Waals surface area contributed by atoms with E-state index in [0.717, 1.165) is 24.4 Å². The third kappa shape index (κ3) is 3.45. The fourth-order valence-corrected chi connectivity index (χ4v) is 4.35. The van der Waals surface area contributed by atoms with Crippen molar-refractivity contribution in [1.82, 2.24) is 14.8 Å². The number of aryl methyl sites for hydroxylation is 1. The van der Waals surface area contributed by atoms with Crippen molar-refractivity contribution in [3.05, 3.63) is 81.8 Å². The Labute approximate surface area is 158 Å². The number of nitrogens with one attached hydrogen (secondary N) is 1. The Morgan fingerprint density at radius 2 is 2.00 bits per heavy atom. The van der Waals surface area contributed by atoms with Crippen molar-refractivity contribution in [2.75, 3.05) is 13.1 Å². The highest BCUT2D eigenvalue weighted by atomic mass is 32.1. The molecule has 26 heavy (non-hydrogen) atoms. The van der Waals surface area contributed by atoms with Crippen molar-refractivity contribution in [2.45, 2.75) is 19.0 Å². The molecule has 0 bridgehead atoms. The van der Waals surface area contributed by atoms with Gasteiger partial charge in [-0.25, -0.2) is 0 Å².